The van der Waals surface area contributed by atoms with E-state index in [2.05, 4.69) is 32.8 Å². The van der Waals surface area contributed by atoms with Gasteiger partial charge in [-0.25, -0.2) is 5.48 Å². The average Bonchev–Trinajstić information content (AvgIpc) is 2.17. The zero-order valence-electron chi connectivity index (χ0n) is 7.18. The molecule has 0 aliphatic heterocycles. The average molecular weight is 304 g/mol. The monoisotopic (exact) mass is 304 g/mol. The highest BCUT2D eigenvalue weighted by atomic mass is 127. The highest BCUT2D eigenvalue weighted by Gasteiger charge is 1.88. The Labute approximate surface area is 94.8 Å². The van der Waals surface area contributed by atoms with Crippen LogP contribution in [0.2, 0.25) is 0 Å². The van der Waals surface area contributed by atoms with Crippen molar-refractivity contribution in [1.29, 1.82) is 0 Å². The maximum Gasteiger partial charge on any atom is 0.237 e. The van der Waals surface area contributed by atoms with Crippen LogP contribution in [0.15, 0.2) is 34.5 Å². The van der Waals surface area contributed by atoms with Crippen molar-refractivity contribution in [2.75, 3.05) is 0 Å². The van der Waals surface area contributed by atoms with Gasteiger partial charge >= 0.3 is 0 Å². The first-order valence-electron chi connectivity index (χ1n) is 3.74. The molecule has 0 fully saturated rings. The van der Waals surface area contributed by atoms with E-state index in [-0.39, 0.29) is 5.96 Å². The highest BCUT2D eigenvalue weighted by molar-refractivity contribution is 14.1. The van der Waals surface area contributed by atoms with Gasteiger partial charge in [0, 0.05) is 3.57 Å². The normalized spacial score (nSPS) is 12.0. The number of hydrogen-bond acceptors (Lipinski definition) is 3. The molecule has 0 aromatic heterocycles. The topological polar surface area (TPSA) is 83.0 Å². The Bertz CT molecular complexity index is 364. The zero-order valence-corrected chi connectivity index (χ0v) is 9.34. The summed E-state index contributed by atoms with van der Waals surface area (Å²) in [5, 5.41) is 15.4. The zero-order chi connectivity index (χ0) is 10.4. The molecule has 0 aliphatic carbocycles. The molecule has 0 radical (unpaired) electrons. The van der Waals surface area contributed by atoms with Gasteiger partial charge in [0.05, 0.1) is 6.21 Å². The van der Waals surface area contributed by atoms with Gasteiger partial charge in [-0.05, 0) is 40.3 Å². The molecule has 0 bridgehead atoms. The Morgan fingerprint density at radius 3 is 3.00 bits per heavy atom. The summed E-state index contributed by atoms with van der Waals surface area (Å²) < 4.78 is 1.11. The van der Waals surface area contributed by atoms with E-state index in [1.54, 1.807) is 11.7 Å². The predicted molar refractivity (Wildman–Crippen MR) is 63.3 cm³/mol. The lowest BCUT2D eigenvalue weighted by molar-refractivity contribution is 0.232. The summed E-state index contributed by atoms with van der Waals surface area (Å²) in [5.41, 5.74) is 7.74. The van der Waals surface area contributed by atoms with Crippen molar-refractivity contribution in [3.05, 3.63) is 33.4 Å². The first-order chi connectivity index (χ1) is 6.72. The first-order valence-corrected chi connectivity index (χ1v) is 4.82. The third kappa shape index (κ3) is 3.71. The van der Waals surface area contributed by atoms with Crippen molar-refractivity contribution in [3.8, 4) is 0 Å². The van der Waals surface area contributed by atoms with Crippen LogP contribution in [0.4, 0.5) is 0 Å². The van der Waals surface area contributed by atoms with Crippen molar-refractivity contribution in [1.82, 2.24) is 5.48 Å². The SMILES string of the molecule is N/C(=N\N=C\c1cccc(I)c1)NO. The Hall–Kier alpha value is -1.15. The molecule has 0 saturated heterocycles. The van der Waals surface area contributed by atoms with Crippen molar-refractivity contribution >= 4 is 34.8 Å². The first kappa shape index (κ1) is 10.9. The molecule has 0 heterocycles. The fraction of sp³-hybridized carbons (Fsp3) is 0. The van der Waals surface area contributed by atoms with Gasteiger partial charge in [0.25, 0.3) is 0 Å². The number of nitrogens with one attached hydrogen (secondary N) is 1. The Balaban J connectivity index is 2.69. The molecule has 4 N–H and O–H groups in total. The van der Waals surface area contributed by atoms with Crippen molar-refractivity contribution < 1.29 is 5.21 Å². The summed E-state index contributed by atoms with van der Waals surface area (Å²) in [6.07, 6.45) is 1.55. The molecule has 0 spiro atoms. The number of nitrogens with zero attached hydrogens (tertiary/aromatic N) is 2. The molecular formula is C8H9IN4O. The Morgan fingerprint density at radius 2 is 2.36 bits per heavy atom. The van der Waals surface area contributed by atoms with Gasteiger partial charge in [-0.15, -0.1) is 5.10 Å². The van der Waals surface area contributed by atoms with Crippen LogP contribution in [0.3, 0.4) is 0 Å². The predicted octanol–water partition coefficient (Wildman–Crippen LogP) is 0.919. The van der Waals surface area contributed by atoms with Crippen LogP contribution in [0.25, 0.3) is 0 Å². The van der Waals surface area contributed by atoms with Gasteiger partial charge in [0.15, 0.2) is 0 Å². The van der Waals surface area contributed by atoms with Crippen LogP contribution >= 0.6 is 22.6 Å². The summed E-state index contributed by atoms with van der Waals surface area (Å²) in [4.78, 5) is 0. The van der Waals surface area contributed by atoms with Gasteiger partial charge in [-0.3, -0.25) is 5.21 Å². The number of rotatable bonds is 2. The summed E-state index contributed by atoms with van der Waals surface area (Å²) >= 11 is 2.20. The molecule has 74 valence electrons. The summed E-state index contributed by atoms with van der Waals surface area (Å²) in [6, 6.07) is 7.73. The van der Waals surface area contributed by atoms with Crippen LogP contribution in [-0.4, -0.2) is 17.4 Å². The third-order valence-corrected chi connectivity index (χ3v) is 2.01. The lowest BCUT2D eigenvalue weighted by Gasteiger charge is -1.93. The maximum atomic E-state index is 8.30. The number of hydroxylamine groups is 1. The highest BCUT2D eigenvalue weighted by Crippen LogP contribution is 2.05. The van der Waals surface area contributed by atoms with Gasteiger partial charge in [0.1, 0.15) is 0 Å². The van der Waals surface area contributed by atoms with Crippen molar-refractivity contribution in [2.45, 2.75) is 0 Å². The summed E-state index contributed by atoms with van der Waals surface area (Å²) in [5.74, 6) is -0.146. The molecule has 0 amide bonds. The van der Waals surface area contributed by atoms with Gasteiger partial charge in [0.2, 0.25) is 5.96 Å². The molecule has 5 nitrogen and oxygen atoms in total. The van der Waals surface area contributed by atoms with Crippen LogP contribution in [-0.2, 0) is 0 Å². The van der Waals surface area contributed by atoms with E-state index in [4.69, 9.17) is 10.9 Å². The van der Waals surface area contributed by atoms with Crippen LogP contribution in [0.1, 0.15) is 5.56 Å². The lowest BCUT2D eigenvalue weighted by atomic mass is 10.2. The fourth-order valence-corrected chi connectivity index (χ4v) is 1.33. The minimum absolute atomic E-state index is 0.146. The number of nitrogens with two attached hydrogens (primary N) is 1. The van der Waals surface area contributed by atoms with E-state index in [0.717, 1.165) is 9.13 Å². The largest absolute Gasteiger partial charge is 0.367 e. The Kier molecular flexibility index (Phi) is 4.33. The maximum absolute atomic E-state index is 8.30. The molecule has 0 aliphatic rings. The number of halogens is 1. The van der Waals surface area contributed by atoms with E-state index in [1.165, 1.54) is 0 Å². The fourth-order valence-electron chi connectivity index (χ4n) is 0.767. The van der Waals surface area contributed by atoms with E-state index >= 15 is 0 Å². The quantitative estimate of drug-likeness (QED) is 0.329. The van der Waals surface area contributed by atoms with Gasteiger partial charge in [-0.1, -0.05) is 12.1 Å². The van der Waals surface area contributed by atoms with Gasteiger partial charge < -0.3 is 5.73 Å². The summed E-state index contributed by atoms with van der Waals surface area (Å²) in [7, 11) is 0. The Morgan fingerprint density at radius 1 is 1.57 bits per heavy atom. The minimum Gasteiger partial charge on any atom is -0.367 e. The molecule has 0 atom stereocenters. The van der Waals surface area contributed by atoms with E-state index in [1.807, 2.05) is 24.3 Å². The second-order valence-electron chi connectivity index (χ2n) is 2.40. The molecule has 0 unspecified atom stereocenters. The number of hydrogen-bond donors (Lipinski definition) is 3. The molecular weight excluding hydrogens is 295 g/mol. The molecule has 1 rings (SSSR count). The molecule has 1 aromatic carbocycles. The second kappa shape index (κ2) is 5.55. The smallest absolute Gasteiger partial charge is 0.237 e. The lowest BCUT2D eigenvalue weighted by Crippen LogP contribution is -2.27. The van der Waals surface area contributed by atoms with Crippen molar-refractivity contribution in [3.63, 3.8) is 0 Å². The van der Waals surface area contributed by atoms with Gasteiger partial charge in [-0.2, -0.15) is 5.10 Å². The van der Waals surface area contributed by atoms with Crippen LogP contribution in [0, 0.1) is 3.57 Å². The standard InChI is InChI=1S/C8H9IN4O/c9-7-3-1-2-6(4-7)5-11-12-8(10)13-14/h1-5,14H,(H3,10,12,13)/b11-5+. The molecule has 14 heavy (non-hydrogen) atoms. The molecule has 0 saturated carbocycles. The molecule has 1 aromatic rings. The van der Waals surface area contributed by atoms with E-state index < -0.39 is 0 Å². The minimum atomic E-state index is -0.146. The van der Waals surface area contributed by atoms with Crippen LogP contribution < -0.4 is 11.2 Å². The number of guanidine groups is 1. The summed E-state index contributed by atoms with van der Waals surface area (Å²) in [6.45, 7) is 0. The second-order valence-corrected chi connectivity index (χ2v) is 3.64. The molecule has 6 heteroatoms. The number of benzene rings is 1. The third-order valence-electron chi connectivity index (χ3n) is 1.34. The van der Waals surface area contributed by atoms with E-state index in [0.29, 0.717) is 0 Å². The van der Waals surface area contributed by atoms with Crippen LogP contribution in [0.5, 0.6) is 0 Å². The van der Waals surface area contributed by atoms with Crippen molar-refractivity contribution in [2.24, 2.45) is 15.9 Å². The van der Waals surface area contributed by atoms with E-state index in [9.17, 15) is 0 Å².